The fourth-order valence-corrected chi connectivity index (χ4v) is 3.09. The SMILES string of the molecule is COc1cc(NC(=O)COc2ccc3c(c2)CCCC3)ccc1C(=O)O. The van der Waals surface area contributed by atoms with Crippen LogP contribution in [0.5, 0.6) is 11.5 Å². The Morgan fingerprint density at radius 2 is 1.85 bits per heavy atom. The molecule has 2 aromatic carbocycles. The molecule has 1 amide bonds. The summed E-state index contributed by atoms with van der Waals surface area (Å²) in [6.07, 6.45) is 4.56. The number of carbonyl (C=O) groups excluding carboxylic acids is 1. The Labute approximate surface area is 151 Å². The van der Waals surface area contributed by atoms with E-state index in [2.05, 4.69) is 11.4 Å². The zero-order valence-corrected chi connectivity index (χ0v) is 14.6. The van der Waals surface area contributed by atoms with E-state index >= 15 is 0 Å². The van der Waals surface area contributed by atoms with Crippen LogP contribution in [0.25, 0.3) is 0 Å². The fraction of sp³-hybridized carbons (Fsp3) is 0.300. The number of carbonyl (C=O) groups is 2. The monoisotopic (exact) mass is 355 g/mol. The lowest BCUT2D eigenvalue weighted by Gasteiger charge is -2.16. The van der Waals surface area contributed by atoms with Crippen molar-refractivity contribution in [3.63, 3.8) is 0 Å². The summed E-state index contributed by atoms with van der Waals surface area (Å²) in [5.41, 5.74) is 3.14. The van der Waals surface area contributed by atoms with E-state index in [9.17, 15) is 9.59 Å². The molecule has 0 saturated carbocycles. The number of aryl methyl sites for hydroxylation is 2. The van der Waals surface area contributed by atoms with E-state index in [1.165, 1.54) is 49.3 Å². The second kappa shape index (κ2) is 7.91. The normalized spacial score (nSPS) is 12.8. The third-order valence-corrected chi connectivity index (χ3v) is 4.41. The molecule has 0 bridgehead atoms. The maximum absolute atomic E-state index is 12.1. The van der Waals surface area contributed by atoms with Crippen molar-refractivity contribution in [1.29, 1.82) is 0 Å². The van der Waals surface area contributed by atoms with E-state index in [-0.39, 0.29) is 23.8 Å². The summed E-state index contributed by atoms with van der Waals surface area (Å²) >= 11 is 0. The van der Waals surface area contributed by atoms with Gasteiger partial charge in [-0.05, 0) is 61.1 Å². The number of anilines is 1. The van der Waals surface area contributed by atoms with Gasteiger partial charge in [-0.1, -0.05) is 6.07 Å². The molecule has 1 aliphatic rings. The highest BCUT2D eigenvalue weighted by Gasteiger charge is 2.13. The Kier molecular flexibility index (Phi) is 5.41. The second-order valence-corrected chi connectivity index (χ2v) is 6.19. The topological polar surface area (TPSA) is 84.9 Å². The summed E-state index contributed by atoms with van der Waals surface area (Å²) in [4.78, 5) is 23.2. The number of ether oxygens (including phenoxy) is 2. The van der Waals surface area contributed by atoms with Gasteiger partial charge in [0.25, 0.3) is 5.91 Å². The van der Waals surface area contributed by atoms with Crippen molar-refractivity contribution >= 4 is 17.6 Å². The minimum atomic E-state index is -1.09. The Balaban J connectivity index is 1.60. The molecule has 0 fully saturated rings. The van der Waals surface area contributed by atoms with Crippen LogP contribution in [0.2, 0.25) is 0 Å². The largest absolute Gasteiger partial charge is 0.496 e. The summed E-state index contributed by atoms with van der Waals surface area (Å²) < 4.78 is 10.6. The molecule has 0 saturated heterocycles. The fourth-order valence-electron chi connectivity index (χ4n) is 3.09. The van der Waals surface area contributed by atoms with Crippen LogP contribution in [0.1, 0.15) is 34.3 Å². The smallest absolute Gasteiger partial charge is 0.339 e. The average Bonchev–Trinajstić information content (AvgIpc) is 2.65. The first-order valence-corrected chi connectivity index (χ1v) is 8.52. The van der Waals surface area contributed by atoms with Crippen LogP contribution in [0, 0.1) is 0 Å². The highest BCUT2D eigenvalue weighted by atomic mass is 16.5. The van der Waals surface area contributed by atoms with Gasteiger partial charge in [0, 0.05) is 11.8 Å². The third-order valence-electron chi connectivity index (χ3n) is 4.41. The van der Waals surface area contributed by atoms with Crippen LogP contribution < -0.4 is 14.8 Å². The maximum Gasteiger partial charge on any atom is 0.339 e. The molecular weight excluding hydrogens is 334 g/mol. The summed E-state index contributed by atoms with van der Waals surface area (Å²) in [5.74, 6) is -0.547. The van der Waals surface area contributed by atoms with Gasteiger partial charge in [-0.15, -0.1) is 0 Å². The molecule has 0 atom stereocenters. The molecule has 6 heteroatoms. The van der Waals surface area contributed by atoms with Crippen molar-refractivity contribution in [2.75, 3.05) is 19.0 Å². The maximum atomic E-state index is 12.1. The number of hydrogen-bond acceptors (Lipinski definition) is 4. The van der Waals surface area contributed by atoms with Gasteiger partial charge in [0.05, 0.1) is 7.11 Å². The molecule has 26 heavy (non-hydrogen) atoms. The van der Waals surface area contributed by atoms with Crippen LogP contribution in [0.3, 0.4) is 0 Å². The van der Waals surface area contributed by atoms with E-state index in [0.717, 1.165) is 12.8 Å². The van der Waals surface area contributed by atoms with E-state index in [1.54, 1.807) is 0 Å². The quantitative estimate of drug-likeness (QED) is 0.831. The molecule has 0 aliphatic heterocycles. The number of methoxy groups -OCH3 is 1. The van der Waals surface area contributed by atoms with Crippen LogP contribution in [-0.4, -0.2) is 30.7 Å². The van der Waals surface area contributed by atoms with Gasteiger partial charge < -0.3 is 19.9 Å². The molecule has 2 N–H and O–H groups in total. The summed E-state index contributed by atoms with van der Waals surface area (Å²) in [5, 5.41) is 11.8. The predicted octanol–water partition coefficient (Wildman–Crippen LogP) is 3.29. The summed E-state index contributed by atoms with van der Waals surface area (Å²) in [6.45, 7) is -0.123. The van der Waals surface area contributed by atoms with Gasteiger partial charge >= 0.3 is 5.97 Å². The second-order valence-electron chi connectivity index (χ2n) is 6.19. The minimum Gasteiger partial charge on any atom is -0.496 e. The van der Waals surface area contributed by atoms with E-state index in [4.69, 9.17) is 14.6 Å². The number of amides is 1. The van der Waals surface area contributed by atoms with Crippen LogP contribution in [0.15, 0.2) is 36.4 Å². The van der Waals surface area contributed by atoms with Crippen molar-refractivity contribution < 1.29 is 24.2 Å². The van der Waals surface area contributed by atoms with Crippen LogP contribution in [-0.2, 0) is 17.6 Å². The zero-order valence-electron chi connectivity index (χ0n) is 14.6. The van der Waals surface area contributed by atoms with Gasteiger partial charge in [0.2, 0.25) is 0 Å². The molecule has 0 heterocycles. The number of hydrogen-bond donors (Lipinski definition) is 2. The molecule has 136 valence electrons. The predicted molar refractivity (Wildman–Crippen MR) is 97.2 cm³/mol. The Hall–Kier alpha value is -3.02. The molecule has 1 aliphatic carbocycles. The van der Waals surface area contributed by atoms with Gasteiger partial charge in [-0.2, -0.15) is 0 Å². The highest BCUT2D eigenvalue weighted by Crippen LogP contribution is 2.26. The first-order chi connectivity index (χ1) is 12.6. The lowest BCUT2D eigenvalue weighted by atomic mass is 9.92. The molecule has 0 spiro atoms. The van der Waals surface area contributed by atoms with Crippen molar-refractivity contribution in [2.24, 2.45) is 0 Å². The first-order valence-electron chi connectivity index (χ1n) is 8.52. The Morgan fingerprint density at radius 1 is 1.08 bits per heavy atom. The zero-order chi connectivity index (χ0) is 18.5. The number of nitrogens with one attached hydrogen (secondary N) is 1. The number of benzene rings is 2. The van der Waals surface area contributed by atoms with Gasteiger partial charge in [-0.25, -0.2) is 4.79 Å². The van der Waals surface area contributed by atoms with Gasteiger partial charge in [0.1, 0.15) is 17.1 Å². The van der Waals surface area contributed by atoms with Crippen molar-refractivity contribution in [3.05, 3.63) is 53.1 Å². The number of aromatic carboxylic acids is 1. The van der Waals surface area contributed by atoms with Gasteiger partial charge in [0.15, 0.2) is 6.61 Å². The molecular formula is C20H21NO5. The van der Waals surface area contributed by atoms with Crippen LogP contribution >= 0.6 is 0 Å². The summed E-state index contributed by atoms with van der Waals surface area (Å²) in [6, 6.07) is 10.3. The van der Waals surface area contributed by atoms with Crippen LogP contribution in [0.4, 0.5) is 5.69 Å². The van der Waals surface area contributed by atoms with E-state index in [0.29, 0.717) is 11.4 Å². The van der Waals surface area contributed by atoms with Gasteiger partial charge in [-0.3, -0.25) is 4.79 Å². The first kappa shape index (κ1) is 17.8. The van der Waals surface area contributed by atoms with E-state index in [1.807, 2.05) is 12.1 Å². The minimum absolute atomic E-state index is 0.0378. The summed E-state index contributed by atoms with van der Waals surface area (Å²) in [7, 11) is 1.38. The van der Waals surface area contributed by atoms with E-state index < -0.39 is 5.97 Å². The van der Waals surface area contributed by atoms with Crippen molar-refractivity contribution in [3.8, 4) is 11.5 Å². The number of rotatable bonds is 6. The Morgan fingerprint density at radius 3 is 2.58 bits per heavy atom. The Bertz CT molecular complexity index is 831. The standard InChI is InChI=1S/C20H21NO5/c1-25-18-11-15(7-9-17(18)20(23)24)21-19(22)12-26-16-8-6-13-4-2-3-5-14(13)10-16/h6-11H,2-5,12H2,1H3,(H,21,22)(H,23,24). The van der Waals surface area contributed by atoms with Crippen molar-refractivity contribution in [2.45, 2.75) is 25.7 Å². The molecule has 0 radical (unpaired) electrons. The highest BCUT2D eigenvalue weighted by molar-refractivity contribution is 5.95. The number of carboxylic acid groups (broad SMARTS) is 1. The number of fused-ring (bicyclic) bond motifs is 1. The molecule has 0 aromatic heterocycles. The molecule has 3 rings (SSSR count). The lowest BCUT2D eigenvalue weighted by molar-refractivity contribution is -0.118. The molecule has 6 nitrogen and oxygen atoms in total. The average molecular weight is 355 g/mol. The van der Waals surface area contributed by atoms with Crippen molar-refractivity contribution in [1.82, 2.24) is 0 Å². The molecule has 0 unspecified atom stereocenters. The molecule has 2 aromatic rings. The number of carboxylic acids is 1. The third kappa shape index (κ3) is 4.14. The lowest BCUT2D eigenvalue weighted by Crippen LogP contribution is -2.20.